The number of phenols is 1. The molecule has 1 fully saturated rings. The van der Waals surface area contributed by atoms with Crippen LogP contribution in [0.5, 0.6) is 11.5 Å². The highest BCUT2D eigenvalue weighted by Gasteiger charge is 2.40. The smallest absolute Gasteiger partial charge is 0.195 e. The van der Waals surface area contributed by atoms with Crippen LogP contribution >= 0.6 is 0 Å². The van der Waals surface area contributed by atoms with Gasteiger partial charge in [-0.25, -0.2) is 0 Å². The number of carbonyl (C=O) groups is 1. The minimum Gasteiger partial charge on any atom is -0.504 e. The van der Waals surface area contributed by atoms with Gasteiger partial charge in [-0.15, -0.1) is 0 Å². The van der Waals surface area contributed by atoms with Crippen LogP contribution in [0, 0.1) is 11.3 Å². The van der Waals surface area contributed by atoms with Gasteiger partial charge in [0.2, 0.25) is 0 Å². The summed E-state index contributed by atoms with van der Waals surface area (Å²) in [5.74, 6) is 0.178. The van der Waals surface area contributed by atoms with Crippen LogP contribution in [0.25, 0.3) is 10.9 Å². The Morgan fingerprint density at radius 1 is 1.31 bits per heavy atom. The van der Waals surface area contributed by atoms with Gasteiger partial charge in [-0.3, -0.25) is 4.79 Å². The molecule has 5 rings (SSSR count). The molecule has 0 unspecified atom stereocenters. The van der Waals surface area contributed by atoms with Crippen LogP contribution in [-0.2, 0) is 10.2 Å². The molecular formula is C23H20N2O4. The molecule has 2 aliphatic rings. The largest absolute Gasteiger partial charge is 0.504 e. The van der Waals surface area contributed by atoms with E-state index in [0.29, 0.717) is 35.7 Å². The Balaban J connectivity index is 1.68. The van der Waals surface area contributed by atoms with Gasteiger partial charge in [0.15, 0.2) is 17.3 Å². The van der Waals surface area contributed by atoms with Crippen LogP contribution in [0.2, 0.25) is 0 Å². The third kappa shape index (κ3) is 2.55. The lowest BCUT2D eigenvalue weighted by atomic mass is 9.71. The van der Waals surface area contributed by atoms with Crippen molar-refractivity contribution in [2.75, 3.05) is 13.2 Å². The molecule has 0 bridgehead atoms. The van der Waals surface area contributed by atoms with E-state index < -0.39 is 5.41 Å². The zero-order valence-electron chi connectivity index (χ0n) is 16.2. The summed E-state index contributed by atoms with van der Waals surface area (Å²) in [5, 5.41) is 20.5. The summed E-state index contributed by atoms with van der Waals surface area (Å²) in [6, 6.07) is 10.7. The number of hydrogen-bond donors (Lipinski definition) is 2. The maximum atomic E-state index is 13.4. The molecule has 1 aliphatic heterocycles. The minimum absolute atomic E-state index is 0.0464. The van der Waals surface area contributed by atoms with Gasteiger partial charge in [0.1, 0.15) is 6.10 Å². The van der Waals surface area contributed by atoms with E-state index in [4.69, 9.17) is 9.47 Å². The van der Waals surface area contributed by atoms with Crippen LogP contribution in [0.4, 0.5) is 0 Å². The molecule has 146 valence electrons. The van der Waals surface area contributed by atoms with Crippen molar-refractivity contribution in [1.29, 1.82) is 5.26 Å². The zero-order chi connectivity index (χ0) is 20.3. The molecule has 0 spiro atoms. The summed E-state index contributed by atoms with van der Waals surface area (Å²) in [7, 11) is 0. The third-order valence-electron chi connectivity index (χ3n) is 5.98. The van der Waals surface area contributed by atoms with Crippen LogP contribution in [0.15, 0.2) is 30.3 Å². The number of hydrogen-bond acceptors (Lipinski definition) is 5. The molecular weight excluding hydrogens is 368 g/mol. The van der Waals surface area contributed by atoms with E-state index in [1.54, 1.807) is 24.3 Å². The number of fused-ring (bicyclic) bond motifs is 4. The van der Waals surface area contributed by atoms with E-state index in [1.807, 2.05) is 13.8 Å². The fraction of sp³-hybridized carbons (Fsp3) is 0.304. The standard InChI is InChI=1S/C23H20N2O4/c1-23(2)16-9-19(29-13-5-6-28-11-13)18(26)8-15(16)21(27)20-14-4-3-12(10-24)7-17(14)25-22(20)23/h3-4,7-9,13,25-26H,5-6,11H2,1-2H3/t13-/m0/s1. The number of aromatic amines is 1. The summed E-state index contributed by atoms with van der Waals surface area (Å²) < 4.78 is 11.3. The molecule has 1 atom stereocenters. The Morgan fingerprint density at radius 3 is 2.86 bits per heavy atom. The van der Waals surface area contributed by atoms with Crippen molar-refractivity contribution in [1.82, 2.24) is 4.98 Å². The summed E-state index contributed by atoms with van der Waals surface area (Å²) in [5.41, 5.74) is 3.45. The number of ketones is 1. The molecule has 6 nitrogen and oxygen atoms in total. The Bertz CT molecular complexity index is 1210. The predicted molar refractivity (Wildman–Crippen MR) is 107 cm³/mol. The molecule has 2 N–H and O–H groups in total. The first kappa shape index (κ1) is 17.8. The summed E-state index contributed by atoms with van der Waals surface area (Å²) >= 11 is 0. The van der Waals surface area contributed by atoms with E-state index >= 15 is 0 Å². The summed E-state index contributed by atoms with van der Waals surface area (Å²) in [6.07, 6.45) is 0.668. The van der Waals surface area contributed by atoms with Gasteiger partial charge in [0, 0.05) is 34.0 Å². The van der Waals surface area contributed by atoms with Crippen molar-refractivity contribution < 1.29 is 19.4 Å². The van der Waals surface area contributed by atoms with E-state index in [9.17, 15) is 15.2 Å². The van der Waals surface area contributed by atoms with Crippen molar-refractivity contribution in [2.24, 2.45) is 0 Å². The second kappa shape index (κ2) is 6.10. The SMILES string of the molecule is CC1(C)c2cc(O[C@H]3CCOC3)c(O)cc2C(=O)c2c1[nH]c1cc(C#N)ccc21. The van der Waals surface area contributed by atoms with Crippen molar-refractivity contribution in [3.63, 3.8) is 0 Å². The normalized spacial score (nSPS) is 19.6. The molecule has 1 aromatic heterocycles. The number of phenolic OH excluding ortho intramolecular Hbond substituents is 1. The summed E-state index contributed by atoms with van der Waals surface area (Å²) in [4.78, 5) is 16.7. The van der Waals surface area contributed by atoms with Crippen LogP contribution in [-0.4, -0.2) is 35.2 Å². The van der Waals surface area contributed by atoms with Gasteiger partial charge in [-0.2, -0.15) is 5.26 Å². The Kier molecular flexibility index (Phi) is 3.74. The predicted octanol–water partition coefficient (Wildman–Crippen LogP) is 3.78. The number of nitriles is 1. The average molecular weight is 388 g/mol. The number of ether oxygens (including phenoxy) is 2. The van der Waals surface area contributed by atoms with Gasteiger partial charge in [-0.05, 0) is 29.8 Å². The Labute approximate surface area is 167 Å². The first-order valence-corrected chi connectivity index (χ1v) is 9.63. The molecule has 0 radical (unpaired) electrons. The second-order valence-electron chi connectivity index (χ2n) is 8.17. The number of carbonyl (C=O) groups excluding carboxylic acids is 1. The van der Waals surface area contributed by atoms with E-state index in [-0.39, 0.29) is 17.6 Å². The first-order valence-electron chi connectivity index (χ1n) is 9.63. The molecule has 6 heteroatoms. The van der Waals surface area contributed by atoms with Gasteiger partial charge >= 0.3 is 0 Å². The second-order valence-corrected chi connectivity index (χ2v) is 8.17. The fourth-order valence-corrected chi connectivity index (χ4v) is 4.39. The molecule has 1 saturated heterocycles. The lowest BCUT2D eigenvalue weighted by Gasteiger charge is -2.32. The van der Waals surface area contributed by atoms with Crippen LogP contribution in [0.1, 0.15) is 53.0 Å². The molecule has 0 saturated carbocycles. The minimum atomic E-state index is -0.512. The maximum Gasteiger partial charge on any atom is 0.195 e. The van der Waals surface area contributed by atoms with Gasteiger partial charge in [0.25, 0.3) is 0 Å². The number of nitrogens with one attached hydrogen (secondary N) is 1. The van der Waals surface area contributed by atoms with Gasteiger partial charge < -0.3 is 19.6 Å². The highest BCUT2D eigenvalue weighted by Crippen LogP contribution is 2.47. The molecule has 2 heterocycles. The van der Waals surface area contributed by atoms with Crippen molar-refractivity contribution in [3.05, 3.63) is 58.3 Å². The lowest BCUT2D eigenvalue weighted by molar-refractivity contribution is 0.103. The van der Waals surface area contributed by atoms with Crippen LogP contribution in [0.3, 0.4) is 0 Å². The zero-order valence-corrected chi connectivity index (χ0v) is 16.2. The Morgan fingerprint density at radius 2 is 2.14 bits per heavy atom. The Hall–Kier alpha value is -3.30. The van der Waals surface area contributed by atoms with E-state index in [2.05, 4.69) is 11.1 Å². The van der Waals surface area contributed by atoms with Gasteiger partial charge in [-0.1, -0.05) is 19.9 Å². The number of aromatic nitrogens is 1. The molecule has 0 amide bonds. The highest BCUT2D eigenvalue weighted by atomic mass is 16.5. The number of benzene rings is 2. The molecule has 1 aliphatic carbocycles. The van der Waals surface area contributed by atoms with E-state index in [1.165, 1.54) is 6.07 Å². The maximum absolute atomic E-state index is 13.4. The molecule has 3 aromatic rings. The number of nitrogens with zero attached hydrogens (tertiary/aromatic N) is 1. The molecule has 29 heavy (non-hydrogen) atoms. The average Bonchev–Trinajstić information content (AvgIpc) is 3.35. The number of aromatic hydroxyl groups is 1. The monoisotopic (exact) mass is 388 g/mol. The molecule has 2 aromatic carbocycles. The van der Waals surface area contributed by atoms with Crippen molar-refractivity contribution in [3.8, 4) is 17.6 Å². The highest BCUT2D eigenvalue weighted by molar-refractivity contribution is 6.20. The van der Waals surface area contributed by atoms with Gasteiger partial charge in [0.05, 0.1) is 30.4 Å². The fourth-order valence-electron chi connectivity index (χ4n) is 4.39. The van der Waals surface area contributed by atoms with Crippen molar-refractivity contribution >= 4 is 16.7 Å². The first-order chi connectivity index (χ1) is 13.9. The summed E-state index contributed by atoms with van der Waals surface area (Å²) in [6.45, 7) is 5.21. The topological polar surface area (TPSA) is 95.3 Å². The lowest BCUT2D eigenvalue weighted by Crippen LogP contribution is -2.30. The van der Waals surface area contributed by atoms with Crippen molar-refractivity contribution in [2.45, 2.75) is 31.8 Å². The number of rotatable bonds is 2. The van der Waals surface area contributed by atoms with E-state index in [0.717, 1.165) is 28.6 Å². The third-order valence-corrected chi connectivity index (χ3v) is 5.98. The number of H-pyrrole nitrogens is 1. The quantitative estimate of drug-likeness (QED) is 0.697. The van der Waals surface area contributed by atoms with Crippen LogP contribution < -0.4 is 4.74 Å².